The number of imide groups is 1. The molecule has 0 N–H and O–H groups in total. The van der Waals surface area contributed by atoms with Crippen molar-refractivity contribution in [3.05, 3.63) is 61.2 Å². The number of carbonyl (C=O) groups excluding carboxylic acids is 2. The highest BCUT2D eigenvalue weighted by atomic mass is 16.2. The van der Waals surface area contributed by atoms with Gasteiger partial charge in [0.25, 0.3) is 0 Å². The number of carbonyl (C=O) groups is 2. The maximum Gasteiger partial charge on any atom is 0.330 e. The van der Waals surface area contributed by atoms with Crippen LogP contribution in [0, 0.1) is 0 Å². The first kappa shape index (κ1) is 14.8. The molecule has 5 heteroatoms. The summed E-state index contributed by atoms with van der Waals surface area (Å²) in [6.45, 7) is 8.60. The van der Waals surface area contributed by atoms with Gasteiger partial charge in [0.15, 0.2) is 0 Å². The number of nitrogens with zero attached hydrogens (tertiary/aromatic N) is 3. The fourth-order valence-corrected chi connectivity index (χ4v) is 2.25. The molecule has 0 atom stereocenters. The molecule has 1 fully saturated rings. The molecule has 1 aromatic rings. The van der Waals surface area contributed by atoms with E-state index in [0.717, 1.165) is 5.56 Å². The molecule has 2 rings (SSSR count). The van der Waals surface area contributed by atoms with E-state index in [1.54, 1.807) is 22.0 Å². The molecule has 1 heterocycles. The maximum absolute atomic E-state index is 12.4. The Morgan fingerprint density at radius 3 is 2.19 bits per heavy atom. The summed E-state index contributed by atoms with van der Waals surface area (Å²) in [6.07, 6.45) is 3.20. The Labute approximate surface area is 124 Å². The minimum atomic E-state index is -0.302. The molecule has 1 saturated heterocycles. The third-order valence-electron chi connectivity index (χ3n) is 3.22. The molecule has 0 spiro atoms. The summed E-state index contributed by atoms with van der Waals surface area (Å²) < 4.78 is 0. The molecule has 110 valence electrons. The summed E-state index contributed by atoms with van der Waals surface area (Å²) in [5, 5.41) is 0. The van der Waals surface area contributed by atoms with E-state index >= 15 is 0 Å². The molecule has 0 unspecified atom stereocenters. The van der Waals surface area contributed by atoms with Crippen LogP contribution in [0.5, 0.6) is 0 Å². The Morgan fingerprint density at radius 1 is 0.952 bits per heavy atom. The molecule has 1 aliphatic heterocycles. The minimum Gasteiger partial charge on any atom is -0.303 e. The summed E-state index contributed by atoms with van der Waals surface area (Å²) in [5.41, 5.74) is 1.03. The second kappa shape index (κ2) is 6.74. The van der Waals surface area contributed by atoms with Crippen molar-refractivity contribution in [2.45, 2.75) is 6.54 Å². The first-order chi connectivity index (χ1) is 10.2. The van der Waals surface area contributed by atoms with Crippen molar-refractivity contribution in [3.8, 4) is 0 Å². The molecule has 1 aliphatic rings. The number of hydrogen-bond acceptors (Lipinski definition) is 2. The number of rotatable bonds is 6. The fraction of sp³-hybridized carbons (Fsp3) is 0.250. The van der Waals surface area contributed by atoms with E-state index in [4.69, 9.17) is 0 Å². The molecule has 0 aliphatic carbocycles. The lowest BCUT2D eigenvalue weighted by Gasteiger charge is -2.40. The van der Waals surface area contributed by atoms with Crippen molar-refractivity contribution >= 4 is 12.1 Å². The lowest BCUT2D eigenvalue weighted by atomic mass is 10.2. The second-order valence-electron chi connectivity index (χ2n) is 4.80. The number of benzene rings is 1. The summed E-state index contributed by atoms with van der Waals surface area (Å²) in [6, 6.07) is 9.11. The van der Waals surface area contributed by atoms with Gasteiger partial charge in [0.1, 0.15) is 0 Å². The van der Waals surface area contributed by atoms with Gasteiger partial charge in [0, 0.05) is 13.1 Å². The van der Waals surface area contributed by atoms with Crippen LogP contribution in [0.15, 0.2) is 55.6 Å². The molecule has 4 amide bonds. The molecule has 5 nitrogen and oxygen atoms in total. The third kappa shape index (κ3) is 3.31. The van der Waals surface area contributed by atoms with Gasteiger partial charge in [-0.15, -0.1) is 13.2 Å². The van der Waals surface area contributed by atoms with Crippen molar-refractivity contribution in [2.75, 3.05) is 19.8 Å². The highest BCUT2D eigenvalue weighted by Crippen LogP contribution is 2.16. The van der Waals surface area contributed by atoms with Crippen molar-refractivity contribution in [3.63, 3.8) is 0 Å². The first-order valence-electron chi connectivity index (χ1n) is 6.78. The maximum atomic E-state index is 12.4. The van der Waals surface area contributed by atoms with Gasteiger partial charge in [-0.3, -0.25) is 0 Å². The summed E-state index contributed by atoms with van der Waals surface area (Å²) >= 11 is 0. The van der Waals surface area contributed by atoms with Gasteiger partial charge in [0.2, 0.25) is 0 Å². The highest BCUT2D eigenvalue weighted by Gasteiger charge is 2.35. The van der Waals surface area contributed by atoms with Crippen molar-refractivity contribution in [2.24, 2.45) is 0 Å². The predicted octanol–water partition coefficient (Wildman–Crippen LogP) is 2.68. The van der Waals surface area contributed by atoms with Gasteiger partial charge in [-0.05, 0) is 5.56 Å². The smallest absolute Gasteiger partial charge is 0.303 e. The summed E-state index contributed by atoms with van der Waals surface area (Å²) in [4.78, 5) is 29.1. The number of amides is 4. The van der Waals surface area contributed by atoms with Crippen molar-refractivity contribution in [1.29, 1.82) is 0 Å². The van der Waals surface area contributed by atoms with Crippen LogP contribution >= 0.6 is 0 Å². The predicted molar refractivity (Wildman–Crippen MR) is 81.5 cm³/mol. The highest BCUT2D eigenvalue weighted by molar-refractivity contribution is 5.95. The monoisotopic (exact) mass is 285 g/mol. The van der Waals surface area contributed by atoms with Crippen molar-refractivity contribution < 1.29 is 9.59 Å². The largest absolute Gasteiger partial charge is 0.330 e. The summed E-state index contributed by atoms with van der Waals surface area (Å²) in [5.74, 6) is 0. The van der Waals surface area contributed by atoms with Crippen LogP contribution in [0.3, 0.4) is 0 Å². The van der Waals surface area contributed by atoms with E-state index in [2.05, 4.69) is 13.2 Å². The molecular weight excluding hydrogens is 266 g/mol. The summed E-state index contributed by atoms with van der Waals surface area (Å²) in [7, 11) is 0. The zero-order chi connectivity index (χ0) is 15.2. The minimum absolute atomic E-state index is 0.205. The van der Waals surface area contributed by atoms with Crippen LogP contribution in [-0.4, -0.2) is 46.5 Å². The normalized spacial score (nSPS) is 15.3. The topological polar surface area (TPSA) is 43.9 Å². The Bertz CT molecular complexity index is 542. The van der Waals surface area contributed by atoms with Crippen LogP contribution in [0.2, 0.25) is 0 Å². The Hall–Kier alpha value is -2.56. The molecular formula is C16H19N3O2. The lowest BCUT2D eigenvalue weighted by Crippen LogP contribution is -2.60. The second-order valence-corrected chi connectivity index (χ2v) is 4.80. The van der Waals surface area contributed by atoms with Crippen LogP contribution in [-0.2, 0) is 6.54 Å². The van der Waals surface area contributed by atoms with E-state index < -0.39 is 0 Å². The van der Waals surface area contributed by atoms with E-state index in [1.807, 2.05) is 30.3 Å². The Morgan fingerprint density at radius 2 is 1.57 bits per heavy atom. The Balaban J connectivity index is 2.19. The number of hydrogen-bond donors (Lipinski definition) is 0. The van der Waals surface area contributed by atoms with Gasteiger partial charge < -0.3 is 9.80 Å². The molecule has 0 saturated carbocycles. The molecule has 0 bridgehead atoms. The average molecular weight is 285 g/mol. The molecule has 0 aromatic heterocycles. The molecule has 0 radical (unpaired) electrons. The van der Waals surface area contributed by atoms with Gasteiger partial charge in [0.05, 0.1) is 13.2 Å². The van der Waals surface area contributed by atoms with Crippen LogP contribution < -0.4 is 0 Å². The standard InChI is InChI=1S/C16H19N3O2/c1-3-10-17-13-18(12-14-8-6-5-7-9-14)16(21)19(11-4-2)15(17)20/h3-9H,1-2,10-13H2. The fourth-order valence-electron chi connectivity index (χ4n) is 2.25. The quantitative estimate of drug-likeness (QED) is 0.754. The first-order valence-corrected chi connectivity index (χ1v) is 6.78. The zero-order valence-corrected chi connectivity index (χ0v) is 11.9. The van der Waals surface area contributed by atoms with E-state index in [-0.39, 0.29) is 25.3 Å². The van der Waals surface area contributed by atoms with Gasteiger partial charge >= 0.3 is 12.1 Å². The third-order valence-corrected chi connectivity index (χ3v) is 3.22. The Kier molecular flexibility index (Phi) is 4.77. The lowest BCUT2D eigenvalue weighted by molar-refractivity contribution is 0.0831. The van der Waals surface area contributed by atoms with Gasteiger partial charge in [-0.2, -0.15) is 0 Å². The van der Waals surface area contributed by atoms with Crippen LogP contribution in [0.4, 0.5) is 9.59 Å². The van der Waals surface area contributed by atoms with Crippen molar-refractivity contribution in [1.82, 2.24) is 14.7 Å². The van der Waals surface area contributed by atoms with E-state index in [0.29, 0.717) is 13.1 Å². The zero-order valence-electron chi connectivity index (χ0n) is 11.9. The molecule has 1 aromatic carbocycles. The molecule has 21 heavy (non-hydrogen) atoms. The van der Waals surface area contributed by atoms with Crippen LogP contribution in [0.1, 0.15) is 5.56 Å². The van der Waals surface area contributed by atoms with Crippen LogP contribution in [0.25, 0.3) is 0 Å². The van der Waals surface area contributed by atoms with E-state index in [9.17, 15) is 9.59 Å². The van der Waals surface area contributed by atoms with Gasteiger partial charge in [-0.25, -0.2) is 14.5 Å². The van der Waals surface area contributed by atoms with E-state index in [1.165, 1.54) is 4.90 Å². The average Bonchev–Trinajstić information content (AvgIpc) is 2.50. The number of urea groups is 2. The SMILES string of the molecule is C=CCN1CN(Cc2ccccc2)C(=O)N(CC=C)C1=O. The van der Waals surface area contributed by atoms with Gasteiger partial charge in [-0.1, -0.05) is 42.5 Å².